The number of amides is 1. The molecule has 2 aromatic carbocycles. The van der Waals surface area contributed by atoms with Crippen LogP contribution in [0.5, 0.6) is 5.75 Å². The van der Waals surface area contributed by atoms with Crippen LogP contribution in [0.1, 0.15) is 39.0 Å². The molecule has 3 N–H and O–H groups in total. The summed E-state index contributed by atoms with van der Waals surface area (Å²) in [6.45, 7) is 0.780. The molecule has 2 aromatic rings. The van der Waals surface area contributed by atoms with Gasteiger partial charge in [0, 0.05) is 16.5 Å². The van der Waals surface area contributed by atoms with Gasteiger partial charge < -0.3 is 24.2 Å². The molecule has 2 fully saturated rings. The number of ether oxygens (including phenoxy) is 2. The molecule has 1 saturated carbocycles. The van der Waals surface area contributed by atoms with E-state index in [0.29, 0.717) is 18.2 Å². The summed E-state index contributed by atoms with van der Waals surface area (Å²) < 4.78 is 37.5. The Hall–Kier alpha value is -3.81. The number of esters is 1. The molecule has 5 atom stereocenters. The van der Waals surface area contributed by atoms with Crippen LogP contribution >= 0.6 is 7.75 Å². The quantitative estimate of drug-likeness (QED) is 0.0820. The lowest BCUT2D eigenvalue weighted by Crippen LogP contribution is -2.51. The number of nitrogens with one attached hydrogen (secondary N) is 1. The van der Waals surface area contributed by atoms with E-state index >= 15 is 0 Å². The summed E-state index contributed by atoms with van der Waals surface area (Å²) in [6, 6.07) is 12.2. The lowest BCUT2D eigenvalue weighted by atomic mass is 10.00. The van der Waals surface area contributed by atoms with Crippen LogP contribution in [0, 0.1) is 0 Å². The molecule has 5 rings (SSSR count). The molecule has 15 nitrogen and oxygen atoms in total. The van der Waals surface area contributed by atoms with Crippen LogP contribution in [-0.2, 0) is 32.9 Å². The number of carbonyl (C=O) groups is 3. The number of benzene rings is 2. The van der Waals surface area contributed by atoms with Crippen LogP contribution in [0.2, 0.25) is 0 Å². The Labute approximate surface area is 251 Å². The third-order valence-corrected chi connectivity index (χ3v) is 9.42. The van der Waals surface area contributed by atoms with Crippen molar-refractivity contribution < 1.29 is 47.7 Å². The number of carbonyl (C=O) groups excluding carboxylic acids is 3. The van der Waals surface area contributed by atoms with E-state index in [1.807, 2.05) is 18.2 Å². The van der Waals surface area contributed by atoms with E-state index in [4.69, 9.17) is 18.5 Å². The van der Waals surface area contributed by atoms with Crippen LogP contribution in [-0.4, -0.2) is 75.7 Å². The van der Waals surface area contributed by atoms with E-state index in [2.05, 4.69) is 15.1 Å². The monoisotopic (exact) mass is 629 g/mol. The van der Waals surface area contributed by atoms with Crippen LogP contribution < -0.4 is 9.61 Å². The predicted molar refractivity (Wildman–Crippen MR) is 153 cm³/mol. The van der Waals surface area contributed by atoms with Gasteiger partial charge in [-0.25, -0.2) is 4.57 Å². The number of hydrogen-bond donors (Lipinski definition) is 3. The van der Waals surface area contributed by atoms with E-state index in [0.717, 1.165) is 22.6 Å². The molecule has 0 bridgehead atoms. The fraction of sp³-hybridized carbons (Fsp3) is 0.464. The maximum absolute atomic E-state index is 14.6. The van der Waals surface area contributed by atoms with Crippen molar-refractivity contribution in [3.63, 3.8) is 0 Å². The van der Waals surface area contributed by atoms with Crippen molar-refractivity contribution in [3.8, 4) is 5.75 Å². The first kappa shape index (κ1) is 31.6. The Bertz CT molecular complexity index is 1570. The van der Waals surface area contributed by atoms with Gasteiger partial charge in [0.05, 0.1) is 19.6 Å². The second-order valence-corrected chi connectivity index (χ2v) is 12.4. The number of allylic oxidation sites excluding steroid dienone is 1. The third-order valence-electron chi connectivity index (χ3n) is 7.81. The zero-order valence-corrected chi connectivity index (χ0v) is 24.7. The highest BCUT2D eigenvalue weighted by Crippen LogP contribution is 2.52. The number of azide groups is 1. The Kier molecular flexibility index (Phi) is 9.10. The highest BCUT2D eigenvalue weighted by molar-refractivity contribution is 7.52. The normalized spacial score (nSPS) is 27.6. The highest BCUT2D eigenvalue weighted by atomic mass is 31.2. The summed E-state index contributed by atoms with van der Waals surface area (Å²) in [7, 11) is -4.62. The number of rotatable bonds is 11. The molecule has 2 heterocycles. The molecule has 16 heteroatoms. The predicted octanol–water partition coefficient (Wildman–Crippen LogP) is 3.21. The first-order valence-electron chi connectivity index (χ1n) is 14.1. The number of fused-ring (bicyclic) bond motifs is 1. The molecule has 1 unspecified atom stereocenters. The zero-order valence-electron chi connectivity index (χ0n) is 23.8. The molecule has 1 amide bonds. The minimum Gasteiger partial charge on any atom is -0.465 e. The summed E-state index contributed by atoms with van der Waals surface area (Å²) in [5, 5.41) is 29.5. The molecular weight excluding hydrogens is 597 g/mol. The lowest BCUT2D eigenvalue weighted by Gasteiger charge is -2.34. The average Bonchev–Trinajstić information content (AvgIpc) is 3.56. The summed E-state index contributed by atoms with van der Waals surface area (Å²) in [4.78, 5) is 40.9. The number of hydrogen-bond acceptors (Lipinski definition) is 11. The van der Waals surface area contributed by atoms with Crippen molar-refractivity contribution in [3.05, 3.63) is 65.2 Å². The fourth-order valence-electron chi connectivity index (χ4n) is 5.61. The summed E-state index contributed by atoms with van der Waals surface area (Å²) in [5.41, 5.74) is 5.54. The minimum atomic E-state index is -4.62. The van der Waals surface area contributed by atoms with Crippen molar-refractivity contribution in [1.82, 2.24) is 9.99 Å². The highest BCUT2D eigenvalue weighted by Gasteiger charge is 2.58. The number of ketones is 1. The van der Waals surface area contributed by atoms with Gasteiger partial charge >= 0.3 is 13.7 Å². The Morgan fingerprint density at radius 3 is 2.64 bits per heavy atom. The van der Waals surface area contributed by atoms with Gasteiger partial charge in [0.15, 0.2) is 12.0 Å². The van der Waals surface area contributed by atoms with E-state index < -0.39 is 68.1 Å². The van der Waals surface area contributed by atoms with Gasteiger partial charge in [0.2, 0.25) is 11.6 Å². The summed E-state index contributed by atoms with van der Waals surface area (Å²) in [6.07, 6.45) is -1.92. The van der Waals surface area contributed by atoms with E-state index in [1.54, 1.807) is 31.2 Å². The Balaban J connectivity index is 1.50. The maximum Gasteiger partial charge on any atom is 0.459 e. The van der Waals surface area contributed by atoms with Crippen molar-refractivity contribution in [2.24, 2.45) is 5.11 Å². The summed E-state index contributed by atoms with van der Waals surface area (Å²) in [5.74, 6) is -1.70. The number of nitrogens with zero attached hydrogens (tertiary/aromatic N) is 4. The smallest absolute Gasteiger partial charge is 0.459 e. The number of aliphatic hydroxyl groups excluding tert-OH is 2. The molecule has 1 aliphatic carbocycles. The Morgan fingerprint density at radius 1 is 1.20 bits per heavy atom. The molecule has 3 aliphatic rings. The topological polar surface area (TPSA) is 210 Å². The lowest BCUT2D eigenvalue weighted by molar-refractivity contribution is -0.159. The van der Waals surface area contributed by atoms with Crippen LogP contribution in [0.4, 0.5) is 0 Å². The molecule has 0 aromatic heterocycles. The fourth-order valence-corrected chi connectivity index (χ4v) is 7.38. The van der Waals surface area contributed by atoms with Crippen LogP contribution in [0.25, 0.3) is 21.2 Å². The molecule has 0 spiro atoms. The SMILES string of the molecule is CCOC(=O)C1(NP(=O)(OC[C@@]2(N=[N+]=[N-])O[C@@H](N3C=CC(=O)CC3=O)[C@H](O)[C@@H]2O)Oc2cccc3ccccc23)CCCC1. The second kappa shape index (κ2) is 12.7. The molecule has 0 radical (unpaired) electrons. The zero-order chi connectivity index (χ0) is 31.5. The number of aliphatic hydroxyl groups is 2. The van der Waals surface area contributed by atoms with Crippen molar-refractivity contribution in [2.45, 2.75) is 68.7 Å². The molecular formula is C28H32N5O10P. The van der Waals surface area contributed by atoms with Crippen molar-refractivity contribution >= 4 is 36.2 Å². The standard InChI is InChI=1S/C28H32N5O10P/c1-2-40-26(38)27(13-5-6-14-27)31-44(39,43-21-11-7-9-18-8-3-4-10-20(18)21)41-17-28(30-32-29)24(37)23(36)25(42-28)33-15-12-19(34)16-22(33)35/h3-4,7-12,15,23-25,36-37H,2,5-6,13-14,16-17H2,1H3,(H,31,39)/t23-,24+,25-,28-,44?/m1/s1. The molecule has 44 heavy (non-hydrogen) atoms. The Morgan fingerprint density at radius 2 is 1.93 bits per heavy atom. The van der Waals surface area contributed by atoms with E-state index in [1.165, 1.54) is 0 Å². The third kappa shape index (κ3) is 6.08. The van der Waals surface area contributed by atoms with Crippen LogP contribution in [0.15, 0.2) is 59.9 Å². The van der Waals surface area contributed by atoms with Gasteiger partial charge in [-0.2, -0.15) is 5.09 Å². The van der Waals surface area contributed by atoms with Gasteiger partial charge in [0.25, 0.3) is 0 Å². The van der Waals surface area contributed by atoms with Gasteiger partial charge in [-0.3, -0.25) is 23.8 Å². The molecule has 1 saturated heterocycles. The first-order chi connectivity index (χ1) is 21.1. The van der Waals surface area contributed by atoms with Gasteiger partial charge in [0.1, 0.15) is 23.5 Å². The molecule has 2 aliphatic heterocycles. The average molecular weight is 630 g/mol. The second-order valence-electron chi connectivity index (χ2n) is 10.7. The van der Waals surface area contributed by atoms with Gasteiger partial charge in [-0.1, -0.05) is 54.4 Å². The van der Waals surface area contributed by atoms with Gasteiger partial charge in [-0.05, 0) is 42.8 Å². The van der Waals surface area contributed by atoms with E-state index in [-0.39, 0.29) is 25.2 Å². The maximum atomic E-state index is 14.6. The first-order valence-corrected chi connectivity index (χ1v) is 15.6. The molecule has 234 valence electrons. The van der Waals surface area contributed by atoms with Crippen LogP contribution in [0.3, 0.4) is 0 Å². The van der Waals surface area contributed by atoms with Crippen molar-refractivity contribution in [2.75, 3.05) is 13.2 Å². The van der Waals surface area contributed by atoms with Crippen molar-refractivity contribution in [1.29, 1.82) is 0 Å². The minimum absolute atomic E-state index is 0.0756. The van der Waals surface area contributed by atoms with E-state index in [9.17, 15) is 34.7 Å². The van der Waals surface area contributed by atoms with Gasteiger partial charge in [-0.15, -0.1) is 0 Å². The largest absolute Gasteiger partial charge is 0.465 e. The summed E-state index contributed by atoms with van der Waals surface area (Å²) >= 11 is 0.